The molecule has 1 N–H and O–H groups in total. The summed E-state index contributed by atoms with van der Waals surface area (Å²) in [4.78, 5) is 0. The van der Waals surface area contributed by atoms with Gasteiger partial charge in [0.05, 0.1) is 0 Å². The molecular weight excluding hydrogens is 279 g/mol. The van der Waals surface area contributed by atoms with Gasteiger partial charge in [0.2, 0.25) is 0 Å². The minimum absolute atomic E-state index is 0. The van der Waals surface area contributed by atoms with Gasteiger partial charge in [0.25, 0.3) is 10.4 Å². The molecule has 5 nitrogen and oxygen atoms in total. The summed E-state index contributed by atoms with van der Waals surface area (Å²) in [6.45, 7) is 7.42. The van der Waals surface area contributed by atoms with Crippen molar-refractivity contribution in [3.05, 3.63) is 23.3 Å². The van der Waals surface area contributed by atoms with Crippen molar-refractivity contribution in [2.45, 2.75) is 39.5 Å². The van der Waals surface area contributed by atoms with Crippen LogP contribution in [0.25, 0.3) is 0 Å². The molecule has 0 amide bonds. The number of hydrogen-bond acceptors (Lipinski definition) is 5. The smallest absolute Gasteiger partial charge is 0.716 e. The van der Waals surface area contributed by atoms with Gasteiger partial charge in [-0.05, 0) is 24.0 Å². The number of hydrogen-bond donors (Lipinski definition) is 1. The molecular formula is C12H17NaO5S. The summed E-state index contributed by atoms with van der Waals surface area (Å²) in [5.41, 5.74) is 1.11. The first kappa shape index (κ1) is 18.7. The second-order valence-corrected chi connectivity index (χ2v) is 5.73. The first-order valence-electron chi connectivity index (χ1n) is 5.64. The van der Waals surface area contributed by atoms with Crippen molar-refractivity contribution in [3.63, 3.8) is 0 Å². The Morgan fingerprint density at radius 2 is 1.47 bits per heavy atom. The SMILES string of the molecule is CC(C)c1cc(OS(=O)(=O)[O-])cc(C(C)C)c1O.[Na+]. The third kappa shape index (κ3) is 5.31. The molecule has 1 rings (SSSR count). The maximum atomic E-state index is 10.6. The van der Waals surface area contributed by atoms with Crippen molar-refractivity contribution in [3.8, 4) is 11.5 Å². The number of aromatic hydroxyl groups is 1. The Morgan fingerprint density at radius 3 is 1.74 bits per heavy atom. The fourth-order valence-corrected chi connectivity index (χ4v) is 2.03. The molecule has 0 aliphatic rings. The molecule has 0 spiro atoms. The van der Waals surface area contributed by atoms with Crippen LogP contribution in [0.2, 0.25) is 0 Å². The van der Waals surface area contributed by atoms with Crippen molar-refractivity contribution >= 4 is 10.4 Å². The average molecular weight is 296 g/mol. The van der Waals surface area contributed by atoms with Gasteiger partial charge in [0.1, 0.15) is 11.5 Å². The van der Waals surface area contributed by atoms with Gasteiger partial charge >= 0.3 is 29.6 Å². The Kier molecular flexibility index (Phi) is 6.85. The zero-order valence-corrected chi connectivity index (χ0v) is 14.6. The predicted octanol–water partition coefficient (Wildman–Crippen LogP) is -0.518. The number of benzene rings is 1. The molecule has 0 aromatic heterocycles. The molecule has 102 valence electrons. The first-order chi connectivity index (χ1) is 8.11. The summed E-state index contributed by atoms with van der Waals surface area (Å²) in [5.74, 6) is 0.0339. The summed E-state index contributed by atoms with van der Waals surface area (Å²) < 4.78 is 36.2. The first-order valence-corrected chi connectivity index (χ1v) is 6.97. The van der Waals surface area contributed by atoms with E-state index in [1.807, 2.05) is 27.7 Å². The summed E-state index contributed by atoms with van der Waals surface area (Å²) in [7, 11) is -4.81. The minimum atomic E-state index is -4.81. The van der Waals surface area contributed by atoms with Crippen LogP contribution in [0.3, 0.4) is 0 Å². The second kappa shape index (κ2) is 6.95. The largest absolute Gasteiger partial charge is 1.00 e. The third-order valence-electron chi connectivity index (χ3n) is 2.58. The molecule has 1 aromatic rings. The predicted molar refractivity (Wildman–Crippen MR) is 66.6 cm³/mol. The van der Waals surface area contributed by atoms with Gasteiger partial charge in [-0.1, -0.05) is 27.7 Å². The summed E-state index contributed by atoms with van der Waals surface area (Å²) >= 11 is 0. The molecule has 0 saturated carbocycles. The fourth-order valence-electron chi connectivity index (χ4n) is 1.70. The Balaban J connectivity index is 0.00000324. The molecule has 1 aromatic carbocycles. The molecule has 0 bridgehead atoms. The van der Waals surface area contributed by atoms with Gasteiger partial charge in [0, 0.05) is 11.1 Å². The van der Waals surface area contributed by atoms with Crippen LogP contribution in [0.15, 0.2) is 12.1 Å². The van der Waals surface area contributed by atoms with Gasteiger partial charge in [0.15, 0.2) is 0 Å². The van der Waals surface area contributed by atoms with Crippen LogP contribution in [0.1, 0.15) is 50.7 Å². The number of phenolic OH excluding ortho intramolecular Hbond substituents is 1. The van der Waals surface area contributed by atoms with Crippen LogP contribution in [0.4, 0.5) is 0 Å². The molecule has 7 heteroatoms. The van der Waals surface area contributed by atoms with E-state index in [0.717, 1.165) is 0 Å². The number of rotatable bonds is 4. The van der Waals surface area contributed by atoms with Gasteiger partial charge in [-0.3, -0.25) is 0 Å². The van der Waals surface area contributed by atoms with Gasteiger partial charge in [-0.15, -0.1) is 0 Å². The van der Waals surface area contributed by atoms with Crippen molar-refractivity contribution in [2.24, 2.45) is 0 Å². The molecule has 0 saturated heterocycles. The summed E-state index contributed by atoms with van der Waals surface area (Å²) in [6.07, 6.45) is 0. The Morgan fingerprint density at radius 1 is 1.11 bits per heavy atom. The second-order valence-electron chi connectivity index (χ2n) is 4.75. The van der Waals surface area contributed by atoms with Crippen LogP contribution in [0.5, 0.6) is 11.5 Å². The van der Waals surface area contributed by atoms with Crippen LogP contribution in [-0.2, 0) is 10.4 Å². The molecule has 0 unspecified atom stereocenters. The maximum absolute atomic E-state index is 10.6. The standard InChI is InChI=1S/C12H18O5S.Na/c1-7(2)10-5-9(17-18(14,15)16)6-11(8(3)4)12(10)13;/h5-8,13H,1-4H3,(H,14,15,16);/q;+1/p-1. The van der Waals surface area contributed by atoms with E-state index in [9.17, 15) is 18.1 Å². The van der Waals surface area contributed by atoms with E-state index >= 15 is 0 Å². The quantitative estimate of drug-likeness (QED) is 0.459. The van der Waals surface area contributed by atoms with Gasteiger partial charge in [-0.25, -0.2) is 8.42 Å². The van der Waals surface area contributed by atoms with Crippen LogP contribution >= 0.6 is 0 Å². The molecule has 0 fully saturated rings. The fraction of sp³-hybridized carbons (Fsp3) is 0.500. The van der Waals surface area contributed by atoms with E-state index in [0.29, 0.717) is 11.1 Å². The van der Waals surface area contributed by atoms with Gasteiger partial charge < -0.3 is 13.8 Å². The zero-order chi connectivity index (χ0) is 14.1. The summed E-state index contributed by atoms with van der Waals surface area (Å²) in [6, 6.07) is 2.75. The average Bonchev–Trinajstić information content (AvgIpc) is 2.17. The van der Waals surface area contributed by atoms with Crippen LogP contribution < -0.4 is 33.7 Å². The van der Waals surface area contributed by atoms with E-state index < -0.39 is 10.4 Å². The van der Waals surface area contributed by atoms with E-state index in [-0.39, 0.29) is 52.9 Å². The van der Waals surface area contributed by atoms with Crippen molar-refractivity contribution in [2.75, 3.05) is 0 Å². The number of phenols is 1. The summed E-state index contributed by atoms with van der Waals surface area (Å²) in [5, 5.41) is 10.1. The normalized spacial score (nSPS) is 11.5. The molecule has 0 atom stereocenters. The topological polar surface area (TPSA) is 86.7 Å². The molecule has 0 aliphatic carbocycles. The molecule has 0 aliphatic heterocycles. The van der Waals surface area contributed by atoms with Crippen LogP contribution in [-0.4, -0.2) is 18.1 Å². The minimum Gasteiger partial charge on any atom is -0.716 e. The Labute approximate surface area is 136 Å². The zero-order valence-electron chi connectivity index (χ0n) is 11.8. The Bertz CT molecular complexity index is 508. The molecule has 19 heavy (non-hydrogen) atoms. The van der Waals surface area contributed by atoms with Crippen molar-refractivity contribution in [1.29, 1.82) is 0 Å². The Hall–Kier alpha value is -0.270. The van der Waals surface area contributed by atoms with Gasteiger partial charge in [-0.2, -0.15) is 0 Å². The molecule has 0 heterocycles. The monoisotopic (exact) mass is 296 g/mol. The van der Waals surface area contributed by atoms with E-state index in [1.54, 1.807) is 0 Å². The van der Waals surface area contributed by atoms with E-state index in [2.05, 4.69) is 4.18 Å². The van der Waals surface area contributed by atoms with Crippen LogP contribution in [0, 0.1) is 0 Å². The van der Waals surface area contributed by atoms with Crippen molar-refractivity contribution < 1.29 is 51.8 Å². The van der Waals surface area contributed by atoms with E-state index in [1.165, 1.54) is 12.1 Å². The molecule has 0 radical (unpaired) electrons. The third-order valence-corrected chi connectivity index (χ3v) is 2.98. The maximum Gasteiger partial charge on any atom is 1.00 e. The van der Waals surface area contributed by atoms with E-state index in [4.69, 9.17) is 0 Å². The van der Waals surface area contributed by atoms with Crippen molar-refractivity contribution in [1.82, 2.24) is 0 Å².